The molecule has 9 nitrogen and oxygen atoms in total. The van der Waals surface area contributed by atoms with E-state index in [1.807, 2.05) is 0 Å². The van der Waals surface area contributed by atoms with Crippen LogP contribution < -0.4 is 0 Å². The molecule has 76 valence electrons. The Kier molecular flexibility index (Phi) is 8.62. The molecule has 0 aliphatic rings. The largest absolute Gasteiger partial charge is 0.480 e. The highest BCUT2D eigenvalue weighted by atomic mass is 16.9. The highest BCUT2D eigenvalue weighted by Crippen LogP contribution is 1.73. The van der Waals surface area contributed by atoms with Crippen molar-refractivity contribution in [2.24, 2.45) is 0 Å². The lowest BCUT2D eigenvalue weighted by Gasteiger charge is -1.92. The standard InChI is InChI=1S/C4H6O5.HNO3/c5-3(6)1-9-2-4(7)8;2-1(3)4/h1-2H2,(H,5,6)(H,7,8);(H,2,3,4). The van der Waals surface area contributed by atoms with Gasteiger partial charge in [-0.05, 0) is 0 Å². The summed E-state index contributed by atoms with van der Waals surface area (Å²) in [6.07, 6.45) is 0. The van der Waals surface area contributed by atoms with Crippen molar-refractivity contribution in [2.45, 2.75) is 0 Å². The van der Waals surface area contributed by atoms with Crippen molar-refractivity contribution < 1.29 is 34.8 Å². The van der Waals surface area contributed by atoms with Gasteiger partial charge in [0.25, 0.3) is 5.09 Å². The van der Waals surface area contributed by atoms with Gasteiger partial charge < -0.3 is 20.2 Å². The van der Waals surface area contributed by atoms with Crippen LogP contribution in [0.25, 0.3) is 0 Å². The van der Waals surface area contributed by atoms with Gasteiger partial charge >= 0.3 is 11.9 Å². The molecule has 0 aromatic carbocycles. The molecule has 0 aliphatic carbocycles. The summed E-state index contributed by atoms with van der Waals surface area (Å²) in [4.78, 5) is 27.7. The topological polar surface area (TPSA) is 147 Å². The van der Waals surface area contributed by atoms with Crippen molar-refractivity contribution in [3.63, 3.8) is 0 Å². The Morgan fingerprint density at radius 2 is 1.46 bits per heavy atom. The van der Waals surface area contributed by atoms with Gasteiger partial charge in [-0.2, -0.15) is 0 Å². The molecule has 0 amide bonds. The highest BCUT2D eigenvalue weighted by Gasteiger charge is 1.98. The van der Waals surface area contributed by atoms with Crippen LogP contribution in [-0.2, 0) is 14.3 Å². The van der Waals surface area contributed by atoms with Gasteiger partial charge in [-0.1, -0.05) is 0 Å². The van der Waals surface area contributed by atoms with Gasteiger partial charge in [0.15, 0.2) is 0 Å². The third kappa shape index (κ3) is 39.4. The number of carbonyl (C=O) groups is 2. The lowest BCUT2D eigenvalue weighted by atomic mass is 10.7. The zero-order valence-corrected chi connectivity index (χ0v) is 6.24. The Bertz CT molecular complexity index is 171. The fraction of sp³-hybridized carbons (Fsp3) is 0.500. The summed E-state index contributed by atoms with van der Waals surface area (Å²) < 4.78 is 4.16. The molecular weight excluding hydrogens is 190 g/mol. The van der Waals surface area contributed by atoms with Crippen LogP contribution in [0.2, 0.25) is 0 Å². The van der Waals surface area contributed by atoms with E-state index in [0.29, 0.717) is 0 Å². The van der Waals surface area contributed by atoms with E-state index in [0.717, 1.165) is 0 Å². The molecule has 3 N–H and O–H groups in total. The summed E-state index contributed by atoms with van der Waals surface area (Å²) in [6.45, 7) is -1.13. The number of hydrogen-bond donors (Lipinski definition) is 3. The number of aliphatic carboxylic acids is 2. The van der Waals surface area contributed by atoms with Gasteiger partial charge in [-0.25, -0.2) is 9.59 Å². The maximum Gasteiger partial charge on any atom is 0.329 e. The third-order valence-corrected chi connectivity index (χ3v) is 0.451. The number of carboxylic acid groups (broad SMARTS) is 2. The maximum absolute atomic E-state index is 9.66. The quantitative estimate of drug-likeness (QED) is 0.377. The zero-order chi connectivity index (χ0) is 10.9. The summed E-state index contributed by atoms with van der Waals surface area (Å²) in [7, 11) is 0. The SMILES string of the molecule is O=C(O)COCC(=O)O.O=[N+]([O-])O. The van der Waals surface area contributed by atoms with Crippen molar-refractivity contribution >= 4 is 11.9 Å². The summed E-state index contributed by atoms with van der Waals surface area (Å²) in [6, 6.07) is 0. The van der Waals surface area contributed by atoms with Crippen molar-refractivity contribution in [3.05, 3.63) is 10.1 Å². The molecule has 13 heavy (non-hydrogen) atoms. The Labute approximate surface area is 71.3 Å². The Hall–Kier alpha value is -1.90. The lowest BCUT2D eigenvalue weighted by Crippen LogP contribution is -2.13. The first-order valence-electron chi connectivity index (χ1n) is 2.71. The van der Waals surface area contributed by atoms with Gasteiger partial charge in [-0.3, -0.25) is 0 Å². The Morgan fingerprint density at radius 3 is 1.62 bits per heavy atom. The van der Waals surface area contributed by atoms with E-state index in [-0.39, 0.29) is 0 Å². The fourth-order valence-electron chi connectivity index (χ4n) is 0.226. The molecular formula is C4H7NO8. The molecule has 0 fully saturated rings. The second kappa shape index (κ2) is 8.20. The molecule has 0 aromatic rings. The van der Waals surface area contributed by atoms with Crippen LogP contribution in [0.15, 0.2) is 0 Å². The Morgan fingerprint density at radius 1 is 1.23 bits per heavy atom. The van der Waals surface area contributed by atoms with Gasteiger partial charge in [0.1, 0.15) is 13.2 Å². The highest BCUT2D eigenvalue weighted by molar-refractivity contribution is 5.70. The second-order valence-electron chi connectivity index (χ2n) is 1.52. The molecule has 0 saturated heterocycles. The van der Waals surface area contributed by atoms with Crippen LogP contribution in [0.3, 0.4) is 0 Å². The van der Waals surface area contributed by atoms with Crippen molar-refractivity contribution in [1.82, 2.24) is 0 Å². The summed E-state index contributed by atoms with van der Waals surface area (Å²) in [5.41, 5.74) is 0. The van der Waals surface area contributed by atoms with Crippen molar-refractivity contribution in [3.8, 4) is 0 Å². The second-order valence-corrected chi connectivity index (χ2v) is 1.52. The number of carboxylic acids is 2. The zero-order valence-electron chi connectivity index (χ0n) is 6.24. The number of ether oxygens (including phenoxy) is 1. The number of rotatable bonds is 4. The van der Waals surface area contributed by atoms with Crippen molar-refractivity contribution in [2.75, 3.05) is 13.2 Å². The van der Waals surface area contributed by atoms with Crippen molar-refractivity contribution in [1.29, 1.82) is 0 Å². The van der Waals surface area contributed by atoms with Crippen LogP contribution in [0.5, 0.6) is 0 Å². The third-order valence-electron chi connectivity index (χ3n) is 0.451. The van der Waals surface area contributed by atoms with Crippen LogP contribution in [0, 0.1) is 10.1 Å². The van der Waals surface area contributed by atoms with E-state index < -0.39 is 30.2 Å². The van der Waals surface area contributed by atoms with E-state index in [2.05, 4.69) is 4.74 Å². The van der Waals surface area contributed by atoms with Gasteiger partial charge in [0.05, 0.1) is 0 Å². The predicted octanol–water partition coefficient (Wildman–Crippen LogP) is -1.18. The smallest absolute Gasteiger partial charge is 0.329 e. The number of hydrogen-bond acceptors (Lipinski definition) is 5. The van der Waals surface area contributed by atoms with Crippen LogP contribution in [0.4, 0.5) is 0 Å². The van der Waals surface area contributed by atoms with E-state index in [4.69, 9.17) is 25.5 Å². The molecule has 0 radical (unpaired) electrons. The van der Waals surface area contributed by atoms with E-state index in [9.17, 15) is 9.59 Å². The van der Waals surface area contributed by atoms with Crippen LogP contribution in [-0.4, -0.2) is 45.7 Å². The molecule has 0 saturated carbocycles. The summed E-state index contributed by atoms with van der Waals surface area (Å²) in [5, 5.41) is 29.5. The van der Waals surface area contributed by atoms with Gasteiger partial charge in [0.2, 0.25) is 0 Å². The molecule has 0 heterocycles. The van der Waals surface area contributed by atoms with Gasteiger partial charge in [-0.15, -0.1) is 10.1 Å². The Balaban J connectivity index is 0. The first kappa shape index (κ1) is 13.7. The minimum Gasteiger partial charge on any atom is -0.480 e. The van der Waals surface area contributed by atoms with Crippen LogP contribution in [0.1, 0.15) is 0 Å². The van der Waals surface area contributed by atoms with Gasteiger partial charge in [0, 0.05) is 0 Å². The molecule has 0 unspecified atom stereocenters. The van der Waals surface area contributed by atoms with E-state index >= 15 is 0 Å². The first-order valence-corrected chi connectivity index (χ1v) is 2.71. The summed E-state index contributed by atoms with van der Waals surface area (Å²) >= 11 is 0. The molecule has 0 atom stereocenters. The molecule has 0 aromatic heterocycles. The first-order chi connectivity index (χ1) is 5.86. The van der Waals surface area contributed by atoms with E-state index in [1.54, 1.807) is 0 Å². The normalized spacial score (nSPS) is 8.00. The average Bonchev–Trinajstić information content (AvgIpc) is 1.83. The molecule has 0 aliphatic heterocycles. The van der Waals surface area contributed by atoms with E-state index in [1.165, 1.54) is 0 Å². The maximum atomic E-state index is 9.66. The van der Waals surface area contributed by atoms with Crippen LogP contribution >= 0.6 is 0 Å². The predicted molar refractivity (Wildman–Crippen MR) is 34.9 cm³/mol. The molecule has 0 rings (SSSR count). The summed E-state index contributed by atoms with van der Waals surface area (Å²) in [5.74, 6) is -2.34. The fourth-order valence-corrected chi connectivity index (χ4v) is 0.226. The average molecular weight is 197 g/mol. The molecule has 9 heteroatoms. The minimum absolute atomic E-state index is 0.563. The molecule has 0 bridgehead atoms. The monoisotopic (exact) mass is 197 g/mol. The minimum atomic E-state index is -1.50. The number of nitrogens with zero attached hydrogens (tertiary/aromatic N) is 1. The lowest BCUT2D eigenvalue weighted by molar-refractivity contribution is -0.742. The molecule has 0 spiro atoms.